The van der Waals surface area contributed by atoms with Crippen LogP contribution < -0.4 is 19.7 Å². The zero-order chi connectivity index (χ0) is 23.0. The Morgan fingerprint density at radius 1 is 1.03 bits per heavy atom. The first kappa shape index (κ1) is 22.9. The first-order valence-corrected chi connectivity index (χ1v) is 11.7. The molecular formula is C28H32N2O3. The van der Waals surface area contributed by atoms with E-state index in [-0.39, 0.29) is 11.9 Å². The summed E-state index contributed by atoms with van der Waals surface area (Å²) in [6.07, 6.45) is 2.15. The SMILES string of the molecule is CCC(Oc1ccccc1)C(=O)N(C[C@H]1CCCN1)c1cccc(-c2ccccc2)c1OC. The second kappa shape index (κ2) is 11.0. The van der Waals surface area contributed by atoms with Crippen LogP contribution in [0, 0.1) is 0 Å². The number of carbonyl (C=O) groups excluding carboxylic acids is 1. The molecule has 1 aliphatic rings. The molecule has 0 bridgehead atoms. The van der Waals surface area contributed by atoms with Crippen LogP contribution in [0.5, 0.6) is 11.5 Å². The molecule has 0 saturated carbocycles. The molecule has 5 heteroatoms. The van der Waals surface area contributed by atoms with Crippen molar-refractivity contribution in [2.24, 2.45) is 0 Å². The molecule has 1 amide bonds. The van der Waals surface area contributed by atoms with Crippen molar-refractivity contribution in [3.63, 3.8) is 0 Å². The normalized spacial score (nSPS) is 16.2. The van der Waals surface area contributed by atoms with Crippen molar-refractivity contribution in [1.82, 2.24) is 5.32 Å². The van der Waals surface area contributed by atoms with Crippen molar-refractivity contribution in [2.45, 2.75) is 38.3 Å². The molecular weight excluding hydrogens is 412 g/mol. The van der Waals surface area contributed by atoms with Gasteiger partial charge >= 0.3 is 0 Å². The molecule has 4 rings (SSSR count). The highest BCUT2D eigenvalue weighted by Gasteiger charge is 2.31. The average molecular weight is 445 g/mol. The number of hydrogen-bond donors (Lipinski definition) is 1. The molecule has 1 fully saturated rings. The second-order valence-corrected chi connectivity index (χ2v) is 8.29. The Labute approximate surface area is 196 Å². The first-order chi connectivity index (χ1) is 16.2. The van der Waals surface area contributed by atoms with Crippen LogP contribution in [0.2, 0.25) is 0 Å². The second-order valence-electron chi connectivity index (χ2n) is 8.29. The Kier molecular flexibility index (Phi) is 7.63. The zero-order valence-corrected chi connectivity index (χ0v) is 19.4. The Morgan fingerprint density at radius 3 is 2.39 bits per heavy atom. The van der Waals surface area contributed by atoms with Gasteiger partial charge < -0.3 is 19.7 Å². The predicted molar refractivity (Wildman–Crippen MR) is 133 cm³/mol. The third-order valence-electron chi connectivity index (χ3n) is 6.07. The molecule has 3 aromatic rings. The van der Waals surface area contributed by atoms with Gasteiger partial charge in [-0.3, -0.25) is 4.79 Å². The molecule has 1 heterocycles. The third-order valence-corrected chi connectivity index (χ3v) is 6.07. The number of carbonyl (C=O) groups is 1. The molecule has 172 valence electrons. The fourth-order valence-corrected chi connectivity index (χ4v) is 4.38. The van der Waals surface area contributed by atoms with Crippen molar-refractivity contribution in [3.8, 4) is 22.6 Å². The summed E-state index contributed by atoms with van der Waals surface area (Å²) >= 11 is 0. The maximum atomic E-state index is 13.9. The largest absolute Gasteiger partial charge is 0.494 e. The van der Waals surface area contributed by atoms with Crippen LogP contribution in [0.4, 0.5) is 5.69 Å². The van der Waals surface area contributed by atoms with Crippen LogP contribution in [0.25, 0.3) is 11.1 Å². The van der Waals surface area contributed by atoms with E-state index in [4.69, 9.17) is 9.47 Å². The molecule has 0 aromatic heterocycles. The lowest BCUT2D eigenvalue weighted by molar-refractivity contribution is -0.125. The zero-order valence-electron chi connectivity index (χ0n) is 19.4. The van der Waals surface area contributed by atoms with Crippen LogP contribution in [-0.2, 0) is 4.79 Å². The van der Waals surface area contributed by atoms with Gasteiger partial charge in [0, 0.05) is 18.2 Å². The van der Waals surface area contributed by atoms with Crippen LogP contribution >= 0.6 is 0 Å². The van der Waals surface area contributed by atoms with Crippen molar-refractivity contribution < 1.29 is 14.3 Å². The quantitative estimate of drug-likeness (QED) is 0.486. The fourth-order valence-electron chi connectivity index (χ4n) is 4.38. The molecule has 0 aliphatic carbocycles. The minimum atomic E-state index is -0.584. The molecule has 1 N–H and O–H groups in total. The molecule has 1 aliphatic heterocycles. The number of ether oxygens (including phenoxy) is 2. The van der Waals surface area contributed by atoms with E-state index in [0.717, 1.165) is 36.2 Å². The van der Waals surface area contributed by atoms with E-state index < -0.39 is 6.10 Å². The number of nitrogens with one attached hydrogen (secondary N) is 1. The number of methoxy groups -OCH3 is 1. The molecule has 2 atom stereocenters. The summed E-state index contributed by atoms with van der Waals surface area (Å²) in [7, 11) is 1.67. The summed E-state index contributed by atoms with van der Waals surface area (Å²) in [5.74, 6) is 1.34. The van der Waals surface area contributed by atoms with Crippen molar-refractivity contribution >= 4 is 11.6 Å². The summed E-state index contributed by atoms with van der Waals surface area (Å²) < 4.78 is 12.0. The summed E-state index contributed by atoms with van der Waals surface area (Å²) in [4.78, 5) is 15.8. The lowest BCUT2D eigenvalue weighted by atomic mass is 10.0. The number of para-hydroxylation sites is 2. The van der Waals surface area contributed by atoms with Gasteiger partial charge in [0.2, 0.25) is 0 Å². The highest BCUT2D eigenvalue weighted by Crippen LogP contribution is 2.39. The maximum absolute atomic E-state index is 13.9. The fraction of sp³-hybridized carbons (Fsp3) is 0.321. The van der Waals surface area contributed by atoms with E-state index in [1.165, 1.54) is 0 Å². The molecule has 1 unspecified atom stereocenters. The number of anilines is 1. The molecule has 33 heavy (non-hydrogen) atoms. The summed E-state index contributed by atoms with van der Waals surface area (Å²) in [5.41, 5.74) is 2.78. The highest BCUT2D eigenvalue weighted by molar-refractivity contribution is 5.99. The minimum absolute atomic E-state index is 0.0569. The number of amides is 1. The predicted octanol–water partition coefficient (Wildman–Crippen LogP) is 5.30. The van der Waals surface area contributed by atoms with E-state index in [0.29, 0.717) is 24.5 Å². The molecule has 0 radical (unpaired) electrons. The first-order valence-electron chi connectivity index (χ1n) is 11.7. The lowest BCUT2D eigenvalue weighted by Crippen LogP contribution is -2.47. The van der Waals surface area contributed by atoms with Gasteiger partial charge in [-0.15, -0.1) is 0 Å². The summed E-state index contributed by atoms with van der Waals surface area (Å²) in [6, 6.07) is 25.9. The van der Waals surface area contributed by atoms with Gasteiger partial charge in [-0.1, -0.05) is 67.6 Å². The van der Waals surface area contributed by atoms with E-state index in [1.807, 2.05) is 78.6 Å². The number of nitrogens with zero attached hydrogens (tertiary/aromatic N) is 1. The van der Waals surface area contributed by atoms with Crippen LogP contribution in [0.15, 0.2) is 78.9 Å². The standard InChI is InChI=1S/C28H32N2O3/c1-3-26(33-23-15-8-5-9-16-23)28(31)30(20-22-14-11-19-29-22)25-18-10-17-24(27(25)32-2)21-12-6-4-7-13-21/h4-10,12-13,15-18,22,26,29H,3,11,14,19-20H2,1-2H3/t22-,26?/m1/s1. The Hall–Kier alpha value is -3.31. The van der Waals surface area contributed by atoms with Gasteiger partial charge in [-0.05, 0) is 49.6 Å². The van der Waals surface area contributed by atoms with Gasteiger partial charge in [0.1, 0.15) is 11.5 Å². The average Bonchev–Trinajstić information content (AvgIpc) is 3.39. The summed E-state index contributed by atoms with van der Waals surface area (Å²) in [6.45, 7) is 3.53. The van der Waals surface area contributed by atoms with Crippen molar-refractivity contribution in [1.29, 1.82) is 0 Å². The molecule has 0 spiro atoms. The Bertz CT molecular complexity index is 1030. The monoisotopic (exact) mass is 444 g/mol. The van der Waals surface area contributed by atoms with Crippen LogP contribution in [0.1, 0.15) is 26.2 Å². The van der Waals surface area contributed by atoms with Gasteiger partial charge in [-0.2, -0.15) is 0 Å². The van der Waals surface area contributed by atoms with Crippen molar-refractivity contribution in [2.75, 3.05) is 25.1 Å². The maximum Gasteiger partial charge on any atom is 0.268 e. The minimum Gasteiger partial charge on any atom is -0.494 e. The van der Waals surface area contributed by atoms with E-state index in [9.17, 15) is 4.79 Å². The Morgan fingerprint density at radius 2 is 1.76 bits per heavy atom. The van der Waals surface area contributed by atoms with E-state index in [2.05, 4.69) is 17.4 Å². The van der Waals surface area contributed by atoms with Crippen LogP contribution in [-0.4, -0.2) is 38.3 Å². The van der Waals surface area contributed by atoms with E-state index in [1.54, 1.807) is 7.11 Å². The van der Waals surface area contributed by atoms with Gasteiger partial charge in [-0.25, -0.2) is 0 Å². The smallest absolute Gasteiger partial charge is 0.268 e. The number of rotatable bonds is 9. The molecule has 5 nitrogen and oxygen atoms in total. The van der Waals surface area contributed by atoms with E-state index >= 15 is 0 Å². The molecule has 3 aromatic carbocycles. The van der Waals surface area contributed by atoms with Gasteiger partial charge in [0.05, 0.1) is 12.8 Å². The number of benzene rings is 3. The van der Waals surface area contributed by atoms with Gasteiger partial charge in [0.25, 0.3) is 5.91 Å². The Balaban J connectivity index is 1.71. The lowest BCUT2D eigenvalue weighted by Gasteiger charge is -2.31. The molecule has 1 saturated heterocycles. The topological polar surface area (TPSA) is 50.8 Å². The summed E-state index contributed by atoms with van der Waals surface area (Å²) in [5, 5.41) is 3.53. The highest BCUT2D eigenvalue weighted by atomic mass is 16.5. The van der Waals surface area contributed by atoms with Gasteiger partial charge in [0.15, 0.2) is 6.10 Å². The van der Waals surface area contributed by atoms with Crippen LogP contribution in [0.3, 0.4) is 0 Å². The van der Waals surface area contributed by atoms with Crippen molar-refractivity contribution in [3.05, 3.63) is 78.9 Å². The third kappa shape index (κ3) is 5.37. The number of hydrogen-bond acceptors (Lipinski definition) is 4.